The molecular formula is C23H29NO7. The molecule has 8 nitrogen and oxygen atoms in total. The lowest BCUT2D eigenvalue weighted by Gasteiger charge is -2.20. The van der Waals surface area contributed by atoms with Gasteiger partial charge in [-0.3, -0.25) is 9.59 Å². The fourth-order valence-corrected chi connectivity index (χ4v) is 3.19. The van der Waals surface area contributed by atoms with Gasteiger partial charge in [-0.05, 0) is 26.3 Å². The van der Waals surface area contributed by atoms with E-state index >= 15 is 0 Å². The van der Waals surface area contributed by atoms with E-state index in [-0.39, 0.29) is 13.2 Å². The Balaban J connectivity index is 1.99. The van der Waals surface area contributed by atoms with Crippen LogP contribution >= 0.6 is 0 Å². The van der Waals surface area contributed by atoms with Crippen molar-refractivity contribution in [3.63, 3.8) is 0 Å². The van der Waals surface area contributed by atoms with Crippen LogP contribution in [-0.2, 0) is 23.8 Å². The maximum atomic E-state index is 12.6. The lowest BCUT2D eigenvalue weighted by atomic mass is 9.86. The van der Waals surface area contributed by atoms with Crippen molar-refractivity contribution in [1.82, 2.24) is 5.32 Å². The van der Waals surface area contributed by atoms with Crippen molar-refractivity contribution in [2.75, 3.05) is 13.2 Å². The number of amides is 1. The Hall–Kier alpha value is -3.13. The highest BCUT2D eigenvalue weighted by molar-refractivity contribution is 5.83. The Morgan fingerprint density at radius 3 is 2.42 bits per heavy atom. The lowest BCUT2D eigenvalue weighted by Crippen LogP contribution is -2.37. The Morgan fingerprint density at radius 1 is 1.16 bits per heavy atom. The number of alkyl carbamates (subject to hydrolysis) is 1. The molecule has 0 radical (unpaired) electrons. The van der Waals surface area contributed by atoms with Gasteiger partial charge in [-0.2, -0.15) is 0 Å². The summed E-state index contributed by atoms with van der Waals surface area (Å²) in [5, 5.41) is 12.2. The number of hydrogen-bond acceptors (Lipinski definition) is 6. The Kier molecular flexibility index (Phi) is 8.38. The first-order valence-electron chi connectivity index (χ1n) is 10.00. The average molecular weight is 431 g/mol. The number of rotatable bonds is 8. The predicted octanol–water partition coefficient (Wildman–Crippen LogP) is 3.04. The molecule has 8 heteroatoms. The van der Waals surface area contributed by atoms with Crippen molar-refractivity contribution in [2.45, 2.75) is 38.6 Å². The van der Waals surface area contributed by atoms with Crippen LogP contribution in [0.5, 0.6) is 0 Å². The van der Waals surface area contributed by atoms with Gasteiger partial charge < -0.3 is 24.6 Å². The van der Waals surface area contributed by atoms with Gasteiger partial charge >= 0.3 is 18.0 Å². The van der Waals surface area contributed by atoms with E-state index in [0.717, 1.165) is 5.56 Å². The number of carboxylic acids is 1. The van der Waals surface area contributed by atoms with Crippen LogP contribution in [0.4, 0.5) is 4.79 Å². The molecule has 4 atom stereocenters. The SMILES string of the molecule is C=CC1OC(/C=C/c2ccccc2)C(C(=O)O)C1C(=O)OCCNC(=O)OC(C)(C)C. The molecule has 0 spiro atoms. The minimum atomic E-state index is -1.17. The van der Waals surface area contributed by atoms with Gasteiger partial charge in [0.15, 0.2) is 0 Å². The molecule has 1 saturated heterocycles. The summed E-state index contributed by atoms with van der Waals surface area (Å²) in [5.41, 5.74) is 0.237. The van der Waals surface area contributed by atoms with Crippen LogP contribution < -0.4 is 5.32 Å². The van der Waals surface area contributed by atoms with Crippen LogP contribution in [0, 0.1) is 11.8 Å². The van der Waals surface area contributed by atoms with Gasteiger partial charge in [0.25, 0.3) is 0 Å². The van der Waals surface area contributed by atoms with Crippen LogP contribution in [0.15, 0.2) is 49.1 Å². The standard InChI is InChI=1S/C23H29NO7/c1-5-16-19(21(27)29-14-13-24-22(28)31-23(2,3)4)18(20(25)26)17(30-16)12-11-15-9-7-6-8-10-15/h5-12,16-19H,1,13-14H2,2-4H3,(H,24,28)(H,25,26)/b12-11+. The quantitative estimate of drug-likeness (QED) is 0.370. The van der Waals surface area contributed by atoms with Crippen LogP contribution in [0.2, 0.25) is 0 Å². The third-order valence-corrected chi connectivity index (χ3v) is 4.49. The van der Waals surface area contributed by atoms with Crippen LogP contribution in [-0.4, -0.2) is 54.1 Å². The Morgan fingerprint density at radius 2 is 1.84 bits per heavy atom. The van der Waals surface area contributed by atoms with Crippen molar-refractivity contribution < 1.29 is 33.7 Å². The van der Waals surface area contributed by atoms with E-state index in [1.54, 1.807) is 32.9 Å². The van der Waals surface area contributed by atoms with Crippen molar-refractivity contribution >= 4 is 24.1 Å². The third-order valence-electron chi connectivity index (χ3n) is 4.49. The first-order chi connectivity index (χ1) is 14.6. The van der Waals surface area contributed by atoms with Crippen molar-refractivity contribution in [2.24, 2.45) is 11.8 Å². The summed E-state index contributed by atoms with van der Waals surface area (Å²) in [5.74, 6) is -4.07. The molecule has 0 aliphatic carbocycles. The number of benzene rings is 1. The van der Waals surface area contributed by atoms with Gasteiger partial charge in [0.1, 0.15) is 24.0 Å². The summed E-state index contributed by atoms with van der Waals surface area (Å²) >= 11 is 0. The van der Waals surface area contributed by atoms with Crippen molar-refractivity contribution in [1.29, 1.82) is 0 Å². The molecule has 2 N–H and O–H groups in total. The van der Waals surface area contributed by atoms with E-state index in [1.165, 1.54) is 6.08 Å². The number of ether oxygens (including phenoxy) is 3. The molecule has 1 aromatic carbocycles. The van der Waals surface area contributed by atoms with Crippen molar-refractivity contribution in [3.8, 4) is 0 Å². The maximum absolute atomic E-state index is 12.6. The van der Waals surface area contributed by atoms with E-state index < -0.39 is 47.7 Å². The molecule has 31 heavy (non-hydrogen) atoms. The average Bonchev–Trinajstić information content (AvgIpc) is 3.08. The second-order valence-corrected chi connectivity index (χ2v) is 8.06. The first-order valence-corrected chi connectivity index (χ1v) is 10.00. The molecule has 0 aromatic heterocycles. The molecule has 1 aromatic rings. The number of carbonyl (C=O) groups excluding carboxylic acids is 2. The normalized spacial score (nSPS) is 23.3. The highest BCUT2D eigenvalue weighted by Crippen LogP contribution is 2.35. The van der Waals surface area contributed by atoms with E-state index in [1.807, 2.05) is 30.3 Å². The zero-order valence-electron chi connectivity index (χ0n) is 17.9. The fourth-order valence-electron chi connectivity index (χ4n) is 3.19. The highest BCUT2D eigenvalue weighted by Gasteiger charge is 2.51. The summed E-state index contributed by atoms with van der Waals surface area (Å²) in [4.78, 5) is 36.2. The predicted molar refractivity (Wildman–Crippen MR) is 114 cm³/mol. The molecule has 0 saturated carbocycles. The zero-order valence-corrected chi connectivity index (χ0v) is 17.9. The number of carbonyl (C=O) groups is 3. The summed E-state index contributed by atoms with van der Waals surface area (Å²) in [6.45, 7) is 8.75. The third kappa shape index (κ3) is 7.25. The number of esters is 1. The second kappa shape index (κ2) is 10.8. The summed E-state index contributed by atoms with van der Waals surface area (Å²) in [6.07, 6.45) is 2.51. The topological polar surface area (TPSA) is 111 Å². The monoisotopic (exact) mass is 431 g/mol. The Labute approximate surface area is 181 Å². The second-order valence-electron chi connectivity index (χ2n) is 8.06. The van der Waals surface area contributed by atoms with Crippen molar-refractivity contribution in [3.05, 3.63) is 54.6 Å². The zero-order chi connectivity index (χ0) is 23.0. The van der Waals surface area contributed by atoms with E-state index in [9.17, 15) is 19.5 Å². The van der Waals surface area contributed by atoms with Gasteiger partial charge in [-0.1, -0.05) is 48.6 Å². The van der Waals surface area contributed by atoms with Crippen LogP contribution in [0.1, 0.15) is 26.3 Å². The lowest BCUT2D eigenvalue weighted by molar-refractivity contribution is -0.156. The van der Waals surface area contributed by atoms with Gasteiger partial charge in [0.2, 0.25) is 0 Å². The largest absolute Gasteiger partial charge is 0.481 e. The van der Waals surface area contributed by atoms with E-state index in [0.29, 0.717) is 0 Å². The maximum Gasteiger partial charge on any atom is 0.407 e. The van der Waals surface area contributed by atoms with Gasteiger partial charge in [-0.25, -0.2) is 4.79 Å². The molecule has 1 amide bonds. The number of hydrogen-bond donors (Lipinski definition) is 2. The highest BCUT2D eigenvalue weighted by atomic mass is 16.6. The first kappa shape index (κ1) is 24.1. The Bertz CT molecular complexity index is 813. The van der Waals surface area contributed by atoms with Gasteiger partial charge in [0.05, 0.1) is 18.8 Å². The van der Waals surface area contributed by atoms with E-state index in [2.05, 4.69) is 11.9 Å². The molecule has 4 unspecified atom stereocenters. The molecule has 168 valence electrons. The van der Waals surface area contributed by atoms with Gasteiger partial charge in [0, 0.05) is 0 Å². The smallest absolute Gasteiger partial charge is 0.407 e. The van der Waals surface area contributed by atoms with Crippen LogP contribution in [0.25, 0.3) is 6.08 Å². The fraction of sp³-hybridized carbons (Fsp3) is 0.435. The molecule has 1 fully saturated rings. The summed E-state index contributed by atoms with van der Waals surface area (Å²) in [7, 11) is 0. The minimum Gasteiger partial charge on any atom is -0.481 e. The molecular weight excluding hydrogens is 402 g/mol. The van der Waals surface area contributed by atoms with Gasteiger partial charge in [-0.15, -0.1) is 6.58 Å². The molecule has 1 aliphatic rings. The number of carboxylic acid groups (broad SMARTS) is 1. The number of aliphatic carboxylic acids is 1. The molecule has 1 aliphatic heterocycles. The molecule has 0 bridgehead atoms. The summed E-state index contributed by atoms with van der Waals surface area (Å²) < 4.78 is 16.1. The van der Waals surface area contributed by atoms with Crippen LogP contribution in [0.3, 0.4) is 0 Å². The number of nitrogens with one attached hydrogen (secondary N) is 1. The molecule has 2 rings (SSSR count). The summed E-state index contributed by atoms with van der Waals surface area (Å²) in [6, 6.07) is 9.34. The minimum absolute atomic E-state index is 0.0298. The molecule has 1 heterocycles. The van der Waals surface area contributed by atoms with E-state index in [4.69, 9.17) is 14.2 Å².